The van der Waals surface area contributed by atoms with Gasteiger partial charge in [-0.25, -0.2) is 0 Å². The van der Waals surface area contributed by atoms with Gasteiger partial charge in [0.25, 0.3) is 0 Å². The average molecular weight is 421 g/mol. The maximum Gasteiger partial charge on any atom is 0.242 e. The fourth-order valence-electron chi connectivity index (χ4n) is 4.32. The molecule has 1 aliphatic heterocycles. The fourth-order valence-corrected chi connectivity index (χ4v) is 4.32. The number of carbonyl (C=O) groups is 2. The Morgan fingerprint density at radius 3 is 2.16 bits per heavy atom. The molecule has 0 aliphatic carbocycles. The molecule has 1 aromatic heterocycles. The van der Waals surface area contributed by atoms with E-state index in [0.717, 1.165) is 24.0 Å². The summed E-state index contributed by atoms with van der Waals surface area (Å²) in [6.07, 6.45) is 0.830. The monoisotopic (exact) mass is 420 g/mol. The van der Waals surface area contributed by atoms with E-state index in [4.69, 9.17) is 0 Å². The minimum atomic E-state index is -0.00864. The van der Waals surface area contributed by atoms with Crippen molar-refractivity contribution in [2.75, 3.05) is 39.3 Å². The Hall–Kier alpha value is -3.19. The third-order valence-corrected chi connectivity index (χ3v) is 5.85. The van der Waals surface area contributed by atoms with Gasteiger partial charge in [-0.2, -0.15) is 0 Å². The molecule has 2 heterocycles. The lowest BCUT2D eigenvalue weighted by Gasteiger charge is -2.23. The molecule has 1 aliphatic rings. The first-order chi connectivity index (χ1) is 15.1. The van der Waals surface area contributed by atoms with E-state index in [0.29, 0.717) is 43.5 Å². The predicted molar refractivity (Wildman–Crippen MR) is 122 cm³/mol. The number of nitrogens with zero attached hydrogens (tertiary/aromatic N) is 3. The van der Waals surface area contributed by atoms with Gasteiger partial charge in [0.15, 0.2) is 5.43 Å². The van der Waals surface area contributed by atoms with Crippen LogP contribution in [0.2, 0.25) is 0 Å². The van der Waals surface area contributed by atoms with Crippen LogP contribution in [0.4, 0.5) is 0 Å². The number of benzene rings is 2. The van der Waals surface area contributed by atoms with Crippen LogP contribution >= 0.6 is 0 Å². The second-order valence-corrected chi connectivity index (χ2v) is 7.91. The van der Waals surface area contributed by atoms with Crippen LogP contribution in [-0.4, -0.2) is 65.4 Å². The van der Waals surface area contributed by atoms with Gasteiger partial charge in [0, 0.05) is 43.5 Å². The van der Waals surface area contributed by atoms with Crippen molar-refractivity contribution < 1.29 is 9.59 Å². The fraction of sp³-hybridized carbons (Fsp3) is 0.375. The lowest BCUT2D eigenvalue weighted by Crippen LogP contribution is -2.40. The van der Waals surface area contributed by atoms with Crippen LogP contribution in [-0.2, 0) is 16.1 Å². The van der Waals surface area contributed by atoms with E-state index in [9.17, 15) is 14.4 Å². The third-order valence-electron chi connectivity index (χ3n) is 5.85. The molecule has 1 saturated heterocycles. The Balaban J connectivity index is 1.57. The molecule has 162 valence electrons. The van der Waals surface area contributed by atoms with Crippen LogP contribution in [0.3, 0.4) is 0 Å². The lowest BCUT2D eigenvalue weighted by molar-refractivity contribution is -0.131. The molecule has 31 heavy (non-hydrogen) atoms. The summed E-state index contributed by atoms with van der Waals surface area (Å²) in [5.74, 6) is 0.0484. The minimum absolute atomic E-state index is 0.00864. The van der Waals surface area contributed by atoms with E-state index in [1.807, 2.05) is 64.9 Å². The molecule has 0 unspecified atom stereocenters. The highest BCUT2D eigenvalue weighted by molar-refractivity contribution is 5.94. The van der Waals surface area contributed by atoms with Crippen molar-refractivity contribution in [3.63, 3.8) is 0 Å². The Bertz CT molecular complexity index is 1110. The van der Waals surface area contributed by atoms with E-state index >= 15 is 0 Å². The van der Waals surface area contributed by atoms with Gasteiger partial charge in [-0.3, -0.25) is 19.3 Å². The van der Waals surface area contributed by atoms with Crippen molar-refractivity contribution in [1.82, 2.24) is 19.7 Å². The van der Waals surface area contributed by atoms with Crippen LogP contribution in [0.1, 0.15) is 13.3 Å². The molecule has 2 aromatic carbocycles. The van der Waals surface area contributed by atoms with E-state index < -0.39 is 0 Å². The van der Waals surface area contributed by atoms with Crippen molar-refractivity contribution in [2.45, 2.75) is 19.9 Å². The van der Waals surface area contributed by atoms with Crippen molar-refractivity contribution in [2.24, 2.45) is 0 Å². The number of amides is 2. The van der Waals surface area contributed by atoms with Gasteiger partial charge in [0.05, 0.1) is 17.6 Å². The Morgan fingerprint density at radius 1 is 0.871 bits per heavy atom. The first kappa shape index (κ1) is 21.1. The molecule has 1 N–H and O–H groups in total. The lowest BCUT2D eigenvalue weighted by atomic mass is 10.1. The normalized spacial score (nSPS) is 15.2. The molecule has 4 rings (SSSR count). The van der Waals surface area contributed by atoms with Gasteiger partial charge in [-0.1, -0.05) is 24.3 Å². The van der Waals surface area contributed by atoms with Gasteiger partial charge < -0.3 is 14.8 Å². The Kier molecular flexibility index (Phi) is 6.32. The Labute approximate surface area is 181 Å². The highest BCUT2D eigenvalue weighted by Gasteiger charge is 2.22. The number of pyridine rings is 1. The summed E-state index contributed by atoms with van der Waals surface area (Å²) in [4.78, 5) is 42.0. The summed E-state index contributed by atoms with van der Waals surface area (Å²) in [5, 5.41) is 4.07. The molecule has 0 bridgehead atoms. The second-order valence-electron chi connectivity index (χ2n) is 7.91. The highest BCUT2D eigenvalue weighted by atomic mass is 16.2. The van der Waals surface area contributed by atoms with Crippen LogP contribution < -0.4 is 10.7 Å². The maximum absolute atomic E-state index is 13.3. The van der Waals surface area contributed by atoms with Gasteiger partial charge in [-0.15, -0.1) is 0 Å². The molecule has 1 fully saturated rings. The smallest absolute Gasteiger partial charge is 0.242 e. The zero-order chi connectivity index (χ0) is 21.8. The topological polar surface area (TPSA) is 74.7 Å². The SMILES string of the molecule is CCNC(=O)CN1CCCN(C(=O)Cn2c3ccccc3c(=O)c3ccccc32)CC1. The van der Waals surface area contributed by atoms with Gasteiger partial charge in [0.1, 0.15) is 6.54 Å². The molecular weight excluding hydrogens is 392 g/mol. The summed E-state index contributed by atoms with van der Waals surface area (Å²) in [7, 11) is 0. The number of rotatable bonds is 5. The molecular formula is C24H28N4O3. The second kappa shape index (κ2) is 9.31. The molecule has 2 amide bonds. The summed E-state index contributed by atoms with van der Waals surface area (Å²) < 4.78 is 1.95. The zero-order valence-corrected chi connectivity index (χ0v) is 17.8. The number of para-hydroxylation sites is 2. The number of carbonyl (C=O) groups excluding carboxylic acids is 2. The maximum atomic E-state index is 13.3. The highest BCUT2D eigenvalue weighted by Crippen LogP contribution is 2.19. The number of hydrogen-bond donors (Lipinski definition) is 1. The van der Waals surface area contributed by atoms with Gasteiger partial charge >= 0.3 is 0 Å². The first-order valence-electron chi connectivity index (χ1n) is 10.9. The van der Waals surface area contributed by atoms with E-state index in [1.54, 1.807) is 0 Å². The van der Waals surface area contributed by atoms with Crippen LogP contribution in [0.5, 0.6) is 0 Å². The quantitative estimate of drug-likeness (QED) is 0.639. The molecule has 7 nitrogen and oxygen atoms in total. The number of hydrogen-bond acceptors (Lipinski definition) is 4. The van der Waals surface area contributed by atoms with Gasteiger partial charge in [-0.05, 0) is 37.6 Å². The van der Waals surface area contributed by atoms with Crippen LogP contribution in [0.15, 0.2) is 53.3 Å². The van der Waals surface area contributed by atoms with Gasteiger partial charge in [0.2, 0.25) is 11.8 Å². The predicted octanol–water partition coefficient (Wildman–Crippen LogP) is 1.83. The number of fused-ring (bicyclic) bond motifs is 2. The molecule has 0 atom stereocenters. The average Bonchev–Trinajstić information content (AvgIpc) is 3.02. The van der Waals surface area contributed by atoms with Crippen LogP contribution in [0.25, 0.3) is 21.8 Å². The largest absolute Gasteiger partial charge is 0.355 e. The summed E-state index contributed by atoms with van der Waals surface area (Å²) in [6.45, 7) is 5.81. The Morgan fingerprint density at radius 2 is 1.52 bits per heavy atom. The van der Waals surface area contributed by atoms with Crippen molar-refractivity contribution in [1.29, 1.82) is 0 Å². The molecule has 0 saturated carbocycles. The van der Waals surface area contributed by atoms with E-state index in [-0.39, 0.29) is 23.8 Å². The number of likely N-dealkylation sites (N-methyl/N-ethyl adjacent to an activating group) is 1. The third kappa shape index (κ3) is 4.46. The number of nitrogens with one attached hydrogen (secondary N) is 1. The molecule has 0 spiro atoms. The molecule has 3 aromatic rings. The van der Waals surface area contributed by atoms with Crippen molar-refractivity contribution in [3.8, 4) is 0 Å². The zero-order valence-electron chi connectivity index (χ0n) is 17.8. The molecule has 7 heteroatoms. The molecule has 0 radical (unpaired) electrons. The standard InChI is InChI=1S/C24H28N4O3/c1-2-25-22(29)16-26-12-7-13-27(15-14-26)23(30)17-28-20-10-5-3-8-18(20)24(31)19-9-4-6-11-21(19)28/h3-6,8-11H,2,7,12-17H2,1H3,(H,25,29). The summed E-state index contributed by atoms with van der Waals surface area (Å²) in [5.41, 5.74) is 1.53. The minimum Gasteiger partial charge on any atom is -0.355 e. The number of aromatic nitrogens is 1. The first-order valence-corrected chi connectivity index (χ1v) is 10.9. The summed E-state index contributed by atoms with van der Waals surface area (Å²) >= 11 is 0. The van der Waals surface area contributed by atoms with E-state index in [1.165, 1.54) is 0 Å². The van der Waals surface area contributed by atoms with E-state index in [2.05, 4.69) is 10.2 Å². The van der Waals surface area contributed by atoms with Crippen molar-refractivity contribution in [3.05, 3.63) is 58.8 Å². The van der Waals surface area contributed by atoms with Crippen LogP contribution in [0, 0.1) is 0 Å². The summed E-state index contributed by atoms with van der Waals surface area (Å²) in [6, 6.07) is 14.9. The van der Waals surface area contributed by atoms with Crippen molar-refractivity contribution >= 4 is 33.6 Å².